The van der Waals surface area contributed by atoms with Crippen LogP contribution in [0.25, 0.3) is 0 Å². The number of aromatic nitrogens is 3. The molecule has 0 spiro atoms. The maximum absolute atomic E-state index is 5.45. The summed E-state index contributed by atoms with van der Waals surface area (Å²) in [6.45, 7) is 8.63. The van der Waals surface area contributed by atoms with Crippen LogP contribution in [0.1, 0.15) is 28.2 Å². The van der Waals surface area contributed by atoms with E-state index in [4.69, 9.17) is 4.74 Å². The van der Waals surface area contributed by atoms with E-state index in [1.807, 2.05) is 51.9 Å². The minimum atomic E-state index is 0.644. The van der Waals surface area contributed by atoms with Crippen LogP contribution in [0.15, 0.2) is 12.3 Å². The number of pyridine rings is 1. The molecule has 0 aromatic carbocycles. The van der Waals surface area contributed by atoms with E-state index >= 15 is 0 Å². The van der Waals surface area contributed by atoms with Crippen LogP contribution >= 0.6 is 0 Å². The Labute approximate surface area is 126 Å². The average Bonchev–Trinajstić information content (AvgIpc) is 2.41. The van der Waals surface area contributed by atoms with Crippen molar-refractivity contribution in [1.29, 1.82) is 0 Å². The second kappa shape index (κ2) is 6.08. The van der Waals surface area contributed by atoms with Crippen molar-refractivity contribution in [3.8, 4) is 5.75 Å². The zero-order valence-electron chi connectivity index (χ0n) is 13.6. The zero-order chi connectivity index (χ0) is 15.6. The first-order chi connectivity index (χ1) is 9.92. The average molecular weight is 286 g/mol. The van der Waals surface area contributed by atoms with Crippen molar-refractivity contribution in [2.24, 2.45) is 0 Å². The normalized spacial score (nSPS) is 10.6. The summed E-state index contributed by atoms with van der Waals surface area (Å²) in [5.74, 6) is 1.61. The van der Waals surface area contributed by atoms with Crippen molar-refractivity contribution in [2.45, 2.75) is 34.2 Å². The highest BCUT2D eigenvalue weighted by molar-refractivity contribution is 5.43. The fourth-order valence-corrected chi connectivity index (χ4v) is 2.40. The largest absolute Gasteiger partial charge is 0.496 e. The van der Waals surface area contributed by atoms with Gasteiger partial charge in [-0.25, -0.2) is 9.97 Å². The molecule has 0 amide bonds. The summed E-state index contributed by atoms with van der Waals surface area (Å²) >= 11 is 0. The van der Waals surface area contributed by atoms with Gasteiger partial charge in [-0.2, -0.15) is 0 Å². The molecule has 0 saturated carbocycles. The molecule has 5 heteroatoms. The highest BCUT2D eigenvalue weighted by Gasteiger charge is 2.13. The lowest BCUT2D eigenvalue weighted by Crippen LogP contribution is -2.21. The van der Waals surface area contributed by atoms with Gasteiger partial charge in [0.25, 0.3) is 0 Å². The van der Waals surface area contributed by atoms with Crippen LogP contribution in [0.3, 0.4) is 0 Å². The molecule has 0 saturated heterocycles. The Morgan fingerprint density at radius 3 is 2.29 bits per heavy atom. The summed E-state index contributed by atoms with van der Waals surface area (Å²) in [5.41, 5.74) is 5.02. The van der Waals surface area contributed by atoms with E-state index in [-0.39, 0.29) is 0 Å². The van der Waals surface area contributed by atoms with Crippen molar-refractivity contribution in [1.82, 2.24) is 15.0 Å². The van der Waals surface area contributed by atoms with Gasteiger partial charge in [0.15, 0.2) is 0 Å². The molecule has 2 aromatic rings. The van der Waals surface area contributed by atoms with Crippen LogP contribution in [0, 0.1) is 27.7 Å². The lowest BCUT2D eigenvalue weighted by atomic mass is 10.1. The number of nitrogens with zero attached hydrogens (tertiary/aromatic N) is 4. The third-order valence-corrected chi connectivity index (χ3v) is 3.45. The zero-order valence-corrected chi connectivity index (χ0v) is 13.6. The molecule has 0 aliphatic carbocycles. The van der Waals surface area contributed by atoms with Crippen molar-refractivity contribution in [3.63, 3.8) is 0 Å². The fourth-order valence-electron chi connectivity index (χ4n) is 2.40. The van der Waals surface area contributed by atoms with Gasteiger partial charge >= 0.3 is 0 Å². The van der Waals surface area contributed by atoms with E-state index in [0.717, 1.165) is 34.0 Å². The molecule has 0 aliphatic heterocycles. The van der Waals surface area contributed by atoms with Crippen LogP contribution in [0.5, 0.6) is 5.75 Å². The van der Waals surface area contributed by atoms with Crippen LogP contribution < -0.4 is 9.64 Å². The third kappa shape index (κ3) is 3.29. The Balaban J connectivity index is 2.29. The van der Waals surface area contributed by atoms with Gasteiger partial charge in [0, 0.05) is 35.8 Å². The molecule has 2 rings (SSSR count). The molecule has 2 heterocycles. The van der Waals surface area contributed by atoms with Gasteiger partial charge in [0.1, 0.15) is 5.75 Å². The number of methoxy groups -OCH3 is 1. The molecule has 2 aromatic heterocycles. The van der Waals surface area contributed by atoms with Crippen LogP contribution in [-0.4, -0.2) is 29.1 Å². The van der Waals surface area contributed by atoms with Gasteiger partial charge in [-0.15, -0.1) is 0 Å². The lowest BCUT2D eigenvalue weighted by molar-refractivity contribution is 0.407. The molecule has 0 fully saturated rings. The quantitative estimate of drug-likeness (QED) is 0.865. The Kier molecular flexibility index (Phi) is 4.40. The first-order valence-corrected chi connectivity index (χ1v) is 6.95. The maximum atomic E-state index is 5.45. The first-order valence-electron chi connectivity index (χ1n) is 6.95. The van der Waals surface area contributed by atoms with Gasteiger partial charge in [-0.1, -0.05) is 0 Å². The van der Waals surface area contributed by atoms with E-state index in [1.54, 1.807) is 7.11 Å². The summed E-state index contributed by atoms with van der Waals surface area (Å²) < 4.78 is 5.45. The van der Waals surface area contributed by atoms with Crippen molar-refractivity contribution >= 4 is 5.95 Å². The van der Waals surface area contributed by atoms with Crippen LogP contribution in [-0.2, 0) is 6.54 Å². The summed E-state index contributed by atoms with van der Waals surface area (Å²) in [4.78, 5) is 15.5. The summed E-state index contributed by atoms with van der Waals surface area (Å²) in [6.07, 6.45) is 1.84. The fraction of sp³-hybridized carbons (Fsp3) is 0.438. The van der Waals surface area contributed by atoms with E-state index in [1.165, 1.54) is 0 Å². The molecule has 0 bridgehead atoms. The van der Waals surface area contributed by atoms with Gasteiger partial charge in [-0.05, 0) is 33.8 Å². The van der Waals surface area contributed by atoms with E-state index < -0.39 is 0 Å². The number of hydrogen-bond acceptors (Lipinski definition) is 5. The molecule has 0 unspecified atom stereocenters. The number of rotatable bonds is 4. The monoisotopic (exact) mass is 286 g/mol. The van der Waals surface area contributed by atoms with Crippen molar-refractivity contribution < 1.29 is 4.74 Å². The second-order valence-electron chi connectivity index (χ2n) is 5.35. The number of hydrogen-bond donors (Lipinski definition) is 0. The molecular weight excluding hydrogens is 264 g/mol. The van der Waals surface area contributed by atoms with Gasteiger partial charge in [0.05, 0.1) is 19.3 Å². The Morgan fingerprint density at radius 2 is 1.71 bits per heavy atom. The van der Waals surface area contributed by atoms with Gasteiger partial charge < -0.3 is 9.64 Å². The number of anilines is 1. The summed E-state index contributed by atoms with van der Waals surface area (Å²) in [7, 11) is 3.66. The standard InChI is InChI=1S/C16H22N4O/c1-10-8-17-14(13(4)15(10)21-6)9-20(5)16-18-11(2)7-12(3)19-16/h7-8H,9H2,1-6H3. The first kappa shape index (κ1) is 15.2. The lowest BCUT2D eigenvalue weighted by Gasteiger charge is -2.20. The molecule has 0 aliphatic rings. The molecule has 0 atom stereocenters. The topological polar surface area (TPSA) is 51.1 Å². The SMILES string of the molecule is COc1c(C)cnc(CN(C)c2nc(C)cc(C)n2)c1C. The Morgan fingerprint density at radius 1 is 1.10 bits per heavy atom. The van der Waals surface area contributed by atoms with Crippen LogP contribution in [0.2, 0.25) is 0 Å². The predicted molar refractivity (Wildman–Crippen MR) is 83.9 cm³/mol. The molecule has 5 nitrogen and oxygen atoms in total. The van der Waals surface area contributed by atoms with E-state index in [0.29, 0.717) is 12.5 Å². The van der Waals surface area contributed by atoms with E-state index in [2.05, 4.69) is 15.0 Å². The van der Waals surface area contributed by atoms with Crippen LogP contribution in [0.4, 0.5) is 5.95 Å². The number of aryl methyl sites for hydroxylation is 3. The number of ether oxygens (including phenoxy) is 1. The molecule has 112 valence electrons. The minimum absolute atomic E-state index is 0.644. The molecule has 0 N–H and O–H groups in total. The second-order valence-corrected chi connectivity index (χ2v) is 5.35. The highest BCUT2D eigenvalue weighted by Crippen LogP contribution is 2.25. The molecule has 0 radical (unpaired) electrons. The van der Waals surface area contributed by atoms with E-state index in [9.17, 15) is 0 Å². The van der Waals surface area contributed by atoms with Crippen molar-refractivity contribution in [3.05, 3.63) is 40.5 Å². The maximum Gasteiger partial charge on any atom is 0.225 e. The van der Waals surface area contributed by atoms with Gasteiger partial charge in [0.2, 0.25) is 5.95 Å². The molecular formula is C16H22N4O. The minimum Gasteiger partial charge on any atom is -0.496 e. The van der Waals surface area contributed by atoms with Gasteiger partial charge in [-0.3, -0.25) is 4.98 Å². The van der Waals surface area contributed by atoms with Crippen molar-refractivity contribution in [2.75, 3.05) is 19.1 Å². The Bertz CT molecular complexity index is 635. The summed E-state index contributed by atoms with van der Waals surface area (Å²) in [5, 5.41) is 0. The highest BCUT2D eigenvalue weighted by atomic mass is 16.5. The third-order valence-electron chi connectivity index (χ3n) is 3.45. The molecule has 21 heavy (non-hydrogen) atoms. The Hall–Kier alpha value is -2.17. The smallest absolute Gasteiger partial charge is 0.225 e. The predicted octanol–water partition coefficient (Wildman–Crippen LogP) is 2.75. The summed E-state index contributed by atoms with van der Waals surface area (Å²) in [6, 6.07) is 1.97.